The lowest BCUT2D eigenvalue weighted by Gasteiger charge is -2.10. The van der Waals surface area contributed by atoms with Crippen LogP contribution in [0.25, 0.3) is 0 Å². The molecule has 0 atom stereocenters. The van der Waals surface area contributed by atoms with Crippen molar-refractivity contribution in [1.29, 1.82) is 5.26 Å². The molecule has 0 aliphatic rings. The molecule has 0 spiro atoms. The van der Waals surface area contributed by atoms with E-state index in [0.29, 0.717) is 15.6 Å². The van der Waals surface area contributed by atoms with Crippen molar-refractivity contribution in [2.45, 2.75) is 5.75 Å². The van der Waals surface area contributed by atoms with Crippen LogP contribution in [0.5, 0.6) is 0 Å². The summed E-state index contributed by atoms with van der Waals surface area (Å²) in [6.45, 7) is 0. The predicted octanol–water partition coefficient (Wildman–Crippen LogP) is 3.40. The van der Waals surface area contributed by atoms with Gasteiger partial charge in [0.25, 0.3) is 0 Å². The first-order valence-electron chi connectivity index (χ1n) is 5.85. The van der Waals surface area contributed by atoms with Gasteiger partial charge in [-0.15, -0.1) is 0 Å². The van der Waals surface area contributed by atoms with E-state index in [1.807, 2.05) is 6.07 Å². The minimum Gasteiger partial charge on any atom is -0.282 e. The first kappa shape index (κ1) is 15.5. The molecule has 0 aromatic heterocycles. The van der Waals surface area contributed by atoms with Crippen molar-refractivity contribution in [1.82, 2.24) is 0 Å². The van der Waals surface area contributed by atoms with Crippen molar-refractivity contribution in [3.63, 3.8) is 0 Å². The van der Waals surface area contributed by atoms with Crippen LogP contribution in [0.2, 0.25) is 0 Å². The largest absolute Gasteiger partial charge is 0.282 e. The van der Waals surface area contributed by atoms with Gasteiger partial charge in [-0.3, -0.25) is 4.72 Å². The Morgan fingerprint density at radius 1 is 1.24 bits per heavy atom. The molecule has 21 heavy (non-hydrogen) atoms. The Morgan fingerprint density at radius 2 is 1.95 bits per heavy atom. The maximum absolute atomic E-state index is 13.2. The van der Waals surface area contributed by atoms with E-state index >= 15 is 0 Å². The van der Waals surface area contributed by atoms with Crippen molar-refractivity contribution in [3.8, 4) is 6.07 Å². The van der Waals surface area contributed by atoms with Gasteiger partial charge in [0.2, 0.25) is 10.0 Å². The fourth-order valence-electron chi connectivity index (χ4n) is 1.74. The molecular weight excluding hydrogens is 359 g/mol. The first-order valence-corrected chi connectivity index (χ1v) is 8.29. The number of rotatable bonds is 4. The van der Waals surface area contributed by atoms with Crippen molar-refractivity contribution in [3.05, 3.63) is 63.9 Å². The van der Waals surface area contributed by atoms with Crippen LogP contribution < -0.4 is 4.72 Å². The second kappa shape index (κ2) is 6.24. The number of anilines is 1. The fraction of sp³-hybridized carbons (Fsp3) is 0.0714. The van der Waals surface area contributed by atoms with E-state index in [1.54, 1.807) is 24.3 Å². The van der Waals surface area contributed by atoms with Crippen LogP contribution in [0.15, 0.2) is 46.9 Å². The second-order valence-electron chi connectivity index (χ2n) is 4.25. The van der Waals surface area contributed by atoms with Gasteiger partial charge in [-0.05, 0) is 45.8 Å². The van der Waals surface area contributed by atoms with Crippen LogP contribution >= 0.6 is 15.9 Å². The summed E-state index contributed by atoms with van der Waals surface area (Å²) in [5.74, 6) is -0.909. The highest BCUT2D eigenvalue weighted by atomic mass is 79.9. The van der Waals surface area contributed by atoms with Gasteiger partial charge in [-0.25, -0.2) is 12.8 Å². The molecule has 0 unspecified atom stereocenters. The molecule has 0 fully saturated rings. The average Bonchev–Trinajstić information content (AvgIpc) is 2.43. The molecule has 2 aromatic rings. The monoisotopic (exact) mass is 368 g/mol. The molecule has 0 saturated carbocycles. The summed E-state index contributed by atoms with van der Waals surface area (Å²) in [7, 11) is -3.76. The van der Waals surface area contributed by atoms with Crippen molar-refractivity contribution in [2.75, 3.05) is 4.72 Å². The number of hydrogen-bond donors (Lipinski definition) is 1. The van der Waals surface area contributed by atoms with E-state index in [2.05, 4.69) is 20.7 Å². The van der Waals surface area contributed by atoms with Crippen LogP contribution in [0.4, 0.5) is 10.1 Å². The maximum atomic E-state index is 13.2. The van der Waals surface area contributed by atoms with E-state index in [1.165, 1.54) is 12.1 Å². The quantitative estimate of drug-likeness (QED) is 0.898. The Kier molecular flexibility index (Phi) is 4.60. The summed E-state index contributed by atoms with van der Waals surface area (Å²) in [6.07, 6.45) is 0. The van der Waals surface area contributed by atoms with E-state index in [-0.39, 0.29) is 11.4 Å². The molecule has 0 aliphatic heterocycles. The van der Waals surface area contributed by atoms with Crippen LogP contribution in [0, 0.1) is 17.1 Å². The van der Waals surface area contributed by atoms with Crippen LogP contribution in [-0.4, -0.2) is 8.42 Å². The number of sulfonamides is 1. The molecule has 2 aromatic carbocycles. The van der Waals surface area contributed by atoms with E-state index in [9.17, 15) is 12.8 Å². The summed E-state index contributed by atoms with van der Waals surface area (Å²) in [6, 6.07) is 12.1. The van der Waals surface area contributed by atoms with E-state index in [0.717, 1.165) is 6.07 Å². The predicted molar refractivity (Wildman–Crippen MR) is 81.5 cm³/mol. The van der Waals surface area contributed by atoms with Gasteiger partial charge >= 0.3 is 0 Å². The standard InChI is InChI=1S/C14H10BrFN2O2S/c15-13-6-5-12(16)7-14(13)18-21(19,20)9-11-4-2-1-3-10(11)8-17/h1-7,18H,9H2. The van der Waals surface area contributed by atoms with Gasteiger partial charge in [-0.2, -0.15) is 5.26 Å². The molecule has 108 valence electrons. The Morgan fingerprint density at radius 3 is 2.67 bits per heavy atom. The van der Waals surface area contributed by atoms with Gasteiger partial charge in [0.1, 0.15) is 5.82 Å². The highest BCUT2D eigenvalue weighted by Gasteiger charge is 2.16. The Labute approximate surface area is 130 Å². The SMILES string of the molecule is N#Cc1ccccc1CS(=O)(=O)Nc1cc(F)ccc1Br. The molecule has 0 amide bonds. The number of benzene rings is 2. The molecule has 0 aliphatic carbocycles. The highest BCUT2D eigenvalue weighted by Crippen LogP contribution is 2.25. The van der Waals surface area contributed by atoms with E-state index in [4.69, 9.17) is 5.26 Å². The minimum absolute atomic E-state index is 0.115. The summed E-state index contributed by atoms with van der Waals surface area (Å²) >= 11 is 3.15. The zero-order chi connectivity index (χ0) is 15.5. The number of nitrogens with zero attached hydrogens (tertiary/aromatic N) is 1. The number of nitriles is 1. The molecular formula is C14H10BrFN2O2S. The molecule has 1 N–H and O–H groups in total. The van der Waals surface area contributed by atoms with Gasteiger partial charge < -0.3 is 0 Å². The smallest absolute Gasteiger partial charge is 0.237 e. The number of hydrogen-bond acceptors (Lipinski definition) is 3. The van der Waals surface area contributed by atoms with Gasteiger partial charge in [0, 0.05) is 4.47 Å². The topological polar surface area (TPSA) is 70.0 Å². The van der Waals surface area contributed by atoms with Crippen molar-refractivity contribution >= 4 is 31.6 Å². The summed E-state index contributed by atoms with van der Waals surface area (Å²) < 4.78 is 40.2. The van der Waals surface area contributed by atoms with Crippen LogP contribution in [-0.2, 0) is 15.8 Å². The molecule has 2 rings (SSSR count). The third-order valence-electron chi connectivity index (χ3n) is 2.68. The number of nitrogens with one attached hydrogen (secondary N) is 1. The van der Waals surface area contributed by atoms with Crippen molar-refractivity contribution < 1.29 is 12.8 Å². The Hall–Kier alpha value is -1.91. The molecule has 4 nitrogen and oxygen atoms in total. The lowest BCUT2D eigenvalue weighted by Crippen LogP contribution is -2.16. The van der Waals surface area contributed by atoms with Crippen molar-refractivity contribution in [2.24, 2.45) is 0 Å². The molecule has 0 bridgehead atoms. The molecule has 0 saturated heterocycles. The Balaban J connectivity index is 2.27. The maximum Gasteiger partial charge on any atom is 0.237 e. The lowest BCUT2D eigenvalue weighted by molar-refractivity contribution is 0.600. The normalized spacial score (nSPS) is 10.9. The minimum atomic E-state index is -3.76. The van der Waals surface area contributed by atoms with Gasteiger partial charge in [-0.1, -0.05) is 18.2 Å². The highest BCUT2D eigenvalue weighted by molar-refractivity contribution is 9.10. The zero-order valence-corrected chi connectivity index (χ0v) is 13.1. The number of halogens is 2. The second-order valence-corrected chi connectivity index (χ2v) is 6.83. The van der Waals surface area contributed by atoms with Crippen LogP contribution in [0.1, 0.15) is 11.1 Å². The Bertz CT molecular complexity index is 816. The third kappa shape index (κ3) is 4.03. The molecule has 0 radical (unpaired) electrons. The fourth-order valence-corrected chi connectivity index (χ4v) is 3.45. The summed E-state index contributed by atoms with van der Waals surface area (Å²) in [4.78, 5) is 0. The summed E-state index contributed by atoms with van der Waals surface area (Å²) in [5.41, 5.74) is 0.797. The molecule has 0 heterocycles. The van der Waals surface area contributed by atoms with Gasteiger partial charge in [0.15, 0.2) is 0 Å². The first-order chi connectivity index (χ1) is 9.91. The molecule has 7 heteroatoms. The van der Waals surface area contributed by atoms with Gasteiger partial charge in [0.05, 0.1) is 23.1 Å². The lowest BCUT2D eigenvalue weighted by atomic mass is 10.1. The zero-order valence-electron chi connectivity index (χ0n) is 10.7. The average molecular weight is 369 g/mol. The van der Waals surface area contributed by atoms with E-state index < -0.39 is 15.8 Å². The van der Waals surface area contributed by atoms with Crippen LogP contribution in [0.3, 0.4) is 0 Å². The summed E-state index contributed by atoms with van der Waals surface area (Å²) in [5, 5.41) is 8.96. The third-order valence-corrected chi connectivity index (χ3v) is 4.59.